The third-order valence-corrected chi connectivity index (χ3v) is 5.64. The Bertz CT molecular complexity index is 1130. The smallest absolute Gasteiger partial charge is 0.144 e. The molecule has 0 amide bonds. The lowest BCUT2D eigenvalue weighted by molar-refractivity contribution is 0.338. The highest BCUT2D eigenvalue weighted by molar-refractivity contribution is 6.30. The molecule has 0 fully saturated rings. The molecule has 2 aromatic heterocycles. The van der Waals surface area contributed by atoms with Crippen molar-refractivity contribution in [3.63, 3.8) is 0 Å². The van der Waals surface area contributed by atoms with Gasteiger partial charge in [-0.25, -0.2) is 9.67 Å². The molecule has 2 heterocycles. The molecule has 1 aliphatic rings. The van der Waals surface area contributed by atoms with E-state index in [4.69, 9.17) is 21.4 Å². The number of benzene rings is 2. The zero-order valence-electron chi connectivity index (χ0n) is 16.1. The number of ether oxygens (including phenoxy) is 1. The van der Waals surface area contributed by atoms with Crippen LogP contribution in [0.1, 0.15) is 24.2 Å². The van der Waals surface area contributed by atoms with Crippen LogP contribution >= 0.6 is 11.6 Å². The lowest BCUT2D eigenvalue weighted by atomic mass is 10.1. The van der Waals surface area contributed by atoms with E-state index in [0.717, 1.165) is 46.3 Å². The average Bonchev–Trinajstić information content (AvgIpc) is 3.45. The van der Waals surface area contributed by atoms with Crippen LogP contribution in [0.5, 0.6) is 5.75 Å². The molecule has 4 aromatic rings. The van der Waals surface area contributed by atoms with Gasteiger partial charge in [-0.3, -0.25) is 0 Å². The Balaban J connectivity index is 1.66. The molecule has 5 nitrogen and oxygen atoms in total. The lowest BCUT2D eigenvalue weighted by Gasteiger charge is -2.16. The molecule has 0 spiro atoms. The van der Waals surface area contributed by atoms with Gasteiger partial charge in [0, 0.05) is 41.0 Å². The number of hydrogen-bond acceptors (Lipinski definition) is 3. The van der Waals surface area contributed by atoms with Gasteiger partial charge in [0.15, 0.2) is 0 Å². The van der Waals surface area contributed by atoms with Crippen LogP contribution in [0.3, 0.4) is 0 Å². The molecule has 1 aliphatic carbocycles. The number of fused-ring (bicyclic) bond motifs is 1. The Morgan fingerprint density at radius 3 is 2.69 bits per heavy atom. The highest BCUT2D eigenvalue weighted by Gasteiger charge is 2.31. The van der Waals surface area contributed by atoms with Crippen LogP contribution in [0.4, 0.5) is 0 Å². The van der Waals surface area contributed by atoms with Gasteiger partial charge in [0.05, 0.1) is 24.3 Å². The number of halogens is 1. The van der Waals surface area contributed by atoms with Crippen molar-refractivity contribution < 1.29 is 4.74 Å². The van der Waals surface area contributed by atoms with Gasteiger partial charge in [0.1, 0.15) is 11.4 Å². The van der Waals surface area contributed by atoms with Gasteiger partial charge < -0.3 is 9.30 Å². The average molecular weight is 405 g/mol. The van der Waals surface area contributed by atoms with Gasteiger partial charge >= 0.3 is 0 Å². The minimum absolute atomic E-state index is 0.345. The van der Waals surface area contributed by atoms with Gasteiger partial charge in [-0.1, -0.05) is 35.9 Å². The van der Waals surface area contributed by atoms with Crippen molar-refractivity contribution in [2.24, 2.45) is 0 Å². The summed E-state index contributed by atoms with van der Waals surface area (Å²) in [7, 11) is 0. The molecule has 5 rings (SSSR count). The van der Waals surface area contributed by atoms with E-state index in [9.17, 15) is 0 Å². The van der Waals surface area contributed by atoms with Crippen molar-refractivity contribution in [3.8, 4) is 22.7 Å². The Morgan fingerprint density at radius 1 is 1.10 bits per heavy atom. The van der Waals surface area contributed by atoms with Gasteiger partial charge in [-0.15, -0.1) is 0 Å². The van der Waals surface area contributed by atoms with Crippen LogP contribution in [0.2, 0.25) is 5.02 Å². The third-order valence-electron chi connectivity index (χ3n) is 5.39. The van der Waals surface area contributed by atoms with E-state index < -0.39 is 0 Å². The number of nitrogens with zero attached hydrogens (tertiary/aromatic N) is 4. The predicted molar refractivity (Wildman–Crippen MR) is 114 cm³/mol. The number of imidazole rings is 1. The fourth-order valence-corrected chi connectivity index (χ4v) is 4.22. The first-order valence-electron chi connectivity index (χ1n) is 9.81. The monoisotopic (exact) mass is 404 g/mol. The van der Waals surface area contributed by atoms with Crippen molar-refractivity contribution in [1.82, 2.24) is 19.3 Å². The Morgan fingerprint density at radius 2 is 1.93 bits per heavy atom. The molecule has 0 saturated heterocycles. The van der Waals surface area contributed by atoms with Crippen molar-refractivity contribution in [3.05, 3.63) is 83.5 Å². The molecule has 0 bridgehead atoms. The minimum Gasteiger partial charge on any atom is -0.492 e. The molecule has 29 heavy (non-hydrogen) atoms. The quantitative estimate of drug-likeness (QED) is 0.463. The van der Waals surface area contributed by atoms with Gasteiger partial charge in [-0.05, 0) is 37.6 Å². The number of aromatic nitrogens is 4. The molecular formula is C23H21ClN4O. The maximum absolute atomic E-state index is 6.15. The highest BCUT2D eigenvalue weighted by atomic mass is 35.5. The van der Waals surface area contributed by atoms with E-state index >= 15 is 0 Å². The van der Waals surface area contributed by atoms with Crippen LogP contribution in [-0.4, -0.2) is 25.9 Å². The second-order valence-corrected chi connectivity index (χ2v) is 7.60. The standard InChI is InChI=1S/C23H21ClN4O/c1-2-29-22-6-4-3-5-21(22)28-23(16-7-9-17(24)10-8-16)19-13-18(14-20(19)26-28)27-12-11-25-15-27/h3-12,15,18H,2,13-14H2,1H3. The molecule has 6 heteroatoms. The summed E-state index contributed by atoms with van der Waals surface area (Å²) >= 11 is 6.15. The predicted octanol–water partition coefficient (Wildman–Crippen LogP) is 5.13. The number of hydrogen-bond donors (Lipinski definition) is 0. The molecule has 146 valence electrons. The molecule has 0 radical (unpaired) electrons. The van der Waals surface area contributed by atoms with Gasteiger partial charge in [0.2, 0.25) is 0 Å². The largest absolute Gasteiger partial charge is 0.492 e. The molecule has 0 N–H and O–H groups in total. The van der Waals surface area contributed by atoms with Crippen LogP contribution < -0.4 is 4.74 Å². The molecule has 0 saturated carbocycles. The second-order valence-electron chi connectivity index (χ2n) is 7.17. The highest BCUT2D eigenvalue weighted by Crippen LogP contribution is 2.39. The van der Waals surface area contributed by atoms with E-state index in [1.54, 1.807) is 0 Å². The maximum Gasteiger partial charge on any atom is 0.144 e. The fraction of sp³-hybridized carbons (Fsp3) is 0.217. The second kappa shape index (κ2) is 7.41. The van der Waals surface area contributed by atoms with Crippen molar-refractivity contribution >= 4 is 11.6 Å². The van der Waals surface area contributed by atoms with Gasteiger partial charge in [0.25, 0.3) is 0 Å². The SMILES string of the molecule is CCOc1ccccc1-n1nc2c(c1-c1ccc(Cl)cc1)CC(n1ccnc1)C2. The number of rotatable bonds is 5. The van der Waals surface area contributed by atoms with E-state index in [2.05, 4.69) is 27.8 Å². The van der Waals surface area contributed by atoms with Crippen LogP contribution in [0, 0.1) is 0 Å². The van der Waals surface area contributed by atoms with Crippen molar-refractivity contribution in [2.45, 2.75) is 25.8 Å². The summed E-state index contributed by atoms with van der Waals surface area (Å²) in [5.74, 6) is 0.831. The minimum atomic E-state index is 0.345. The summed E-state index contributed by atoms with van der Waals surface area (Å²) in [6, 6.07) is 16.4. The van der Waals surface area contributed by atoms with Crippen LogP contribution in [0.15, 0.2) is 67.3 Å². The van der Waals surface area contributed by atoms with Crippen molar-refractivity contribution in [1.29, 1.82) is 0 Å². The Labute approximate surface area is 174 Å². The van der Waals surface area contributed by atoms with Crippen molar-refractivity contribution in [2.75, 3.05) is 6.61 Å². The summed E-state index contributed by atoms with van der Waals surface area (Å²) in [5, 5.41) is 5.76. The van der Waals surface area contributed by atoms with E-state index in [-0.39, 0.29) is 0 Å². The third kappa shape index (κ3) is 3.21. The first-order chi connectivity index (χ1) is 14.2. The lowest BCUT2D eigenvalue weighted by Crippen LogP contribution is -2.10. The summed E-state index contributed by atoms with van der Waals surface area (Å²) in [4.78, 5) is 4.21. The molecular weight excluding hydrogens is 384 g/mol. The fourth-order valence-electron chi connectivity index (χ4n) is 4.09. The Kier molecular flexibility index (Phi) is 4.60. The van der Waals surface area contributed by atoms with Crippen LogP contribution in [-0.2, 0) is 12.8 Å². The van der Waals surface area contributed by atoms with E-state index in [1.165, 1.54) is 5.56 Å². The molecule has 1 unspecified atom stereocenters. The summed E-state index contributed by atoms with van der Waals surface area (Å²) in [6.07, 6.45) is 7.54. The topological polar surface area (TPSA) is 44.9 Å². The number of para-hydroxylation sites is 2. The summed E-state index contributed by atoms with van der Waals surface area (Å²) < 4.78 is 10.1. The van der Waals surface area contributed by atoms with Gasteiger partial charge in [-0.2, -0.15) is 5.10 Å². The normalized spacial score (nSPS) is 15.4. The summed E-state index contributed by atoms with van der Waals surface area (Å²) in [6.45, 7) is 2.60. The van der Waals surface area contributed by atoms with Crippen LogP contribution in [0.25, 0.3) is 16.9 Å². The van der Waals surface area contributed by atoms with E-state index in [0.29, 0.717) is 12.6 Å². The zero-order valence-corrected chi connectivity index (χ0v) is 16.9. The summed E-state index contributed by atoms with van der Waals surface area (Å²) in [5.41, 5.74) is 5.55. The molecule has 1 atom stereocenters. The van der Waals surface area contributed by atoms with E-state index in [1.807, 2.05) is 60.7 Å². The first kappa shape index (κ1) is 18.0. The molecule has 2 aromatic carbocycles. The first-order valence-corrected chi connectivity index (χ1v) is 10.2. The maximum atomic E-state index is 6.15. The Hall–Kier alpha value is -3.05. The zero-order chi connectivity index (χ0) is 19.8. The molecule has 0 aliphatic heterocycles.